The molecule has 0 atom stereocenters. The molecule has 0 saturated carbocycles. The number of aryl methyl sites for hydroxylation is 2. The van der Waals surface area contributed by atoms with Crippen LogP contribution < -0.4 is 16.2 Å². The zero-order valence-electron chi connectivity index (χ0n) is 15.1. The summed E-state index contributed by atoms with van der Waals surface area (Å²) in [6.45, 7) is 4.31. The van der Waals surface area contributed by atoms with Gasteiger partial charge in [-0.1, -0.05) is 38.5 Å². The maximum atomic E-state index is 12.2. The van der Waals surface area contributed by atoms with Crippen molar-refractivity contribution in [1.82, 2.24) is 15.1 Å². The van der Waals surface area contributed by atoms with Crippen LogP contribution in [-0.4, -0.2) is 28.1 Å². The summed E-state index contributed by atoms with van der Waals surface area (Å²) in [6, 6.07) is 10.2. The van der Waals surface area contributed by atoms with Crippen molar-refractivity contribution < 1.29 is 9.59 Å². The van der Waals surface area contributed by atoms with E-state index in [9.17, 15) is 14.4 Å². The normalized spacial score (nSPS) is 10.4. The molecule has 0 fully saturated rings. The summed E-state index contributed by atoms with van der Waals surface area (Å²) in [7, 11) is 0. The van der Waals surface area contributed by atoms with E-state index in [-0.39, 0.29) is 23.7 Å². The first kappa shape index (κ1) is 19.4. The van der Waals surface area contributed by atoms with E-state index < -0.39 is 5.91 Å². The number of nitrogens with one attached hydrogen (secondary N) is 2. The van der Waals surface area contributed by atoms with Gasteiger partial charge in [0, 0.05) is 18.3 Å². The van der Waals surface area contributed by atoms with Gasteiger partial charge in [-0.2, -0.15) is 5.10 Å². The van der Waals surface area contributed by atoms with E-state index >= 15 is 0 Å². The Morgan fingerprint density at radius 2 is 1.88 bits per heavy atom. The third-order valence-corrected chi connectivity index (χ3v) is 3.90. The van der Waals surface area contributed by atoms with Crippen LogP contribution >= 0.6 is 0 Å². The standard InChI is InChI=1S/C19H24N4O3/c1-3-5-12-23-18(25)11-10-16(22-23)19(26)20-13-17(24)21-15-9-7-6-8-14(15)4-2/h6-11H,3-5,12-13H2,1-2H3,(H,20,26)(H,21,24). The van der Waals surface area contributed by atoms with Crippen LogP contribution in [-0.2, 0) is 17.8 Å². The first-order chi connectivity index (χ1) is 12.5. The first-order valence-corrected chi connectivity index (χ1v) is 8.79. The summed E-state index contributed by atoms with van der Waals surface area (Å²) >= 11 is 0. The molecular weight excluding hydrogens is 332 g/mol. The predicted molar refractivity (Wildman–Crippen MR) is 100 cm³/mol. The Kier molecular flexibility index (Phi) is 7.08. The van der Waals surface area contributed by atoms with Crippen molar-refractivity contribution in [3.05, 3.63) is 58.0 Å². The quantitative estimate of drug-likeness (QED) is 0.756. The summed E-state index contributed by atoms with van der Waals surface area (Å²) in [5.74, 6) is -0.812. The lowest BCUT2D eigenvalue weighted by Crippen LogP contribution is -2.35. The van der Waals surface area contributed by atoms with Crippen LogP contribution in [0.4, 0.5) is 5.69 Å². The van der Waals surface area contributed by atoms with Crippen molar-refractivity contribution in [3.63, 3.8) is 0 Å². The van der Waals surface area contributed by atoms with Crippen LogP contribution in [0.15, 0.2) is 41.2 Å². The Morgan fingerprint density at radius 1 is 1.12 bits per heavy atom. The number of anilines is 1. The number of amides is 2. The molecule has 2 N–H and O–H groups in total. The third kappa shape index (κ3) is 5.27. The van der Waals surface area contributed by atoms with Gasteiger partial charge >= 0.3 is 0 Å². The maximum absolute atomic E-state index is 12.2. The lowest BCUT2D eigenvalue weighted by molar-refractivity contribution is -0.115. The number of unbranched alkanes of at least 4 members (excludes halogenated alkanes) is 1. The van der Waals surface area contributed by atoms with Gasteiger partial charge in [0.1, 0.15) is 5.69 Å². The predicted octanol–water partition coefficient (Wildman–Crippen LogP) is 1.97. The van der Waals surface area contributed by atoms with E-state index in [1.807, 2.05) is 38.1 Å². The Balaban J connectivity index is 1.95. The number of para-hydroxylation sites is 1. The average molecular weight is 356 g/mol. The third-order valence-electron chi connectivity index (χ3n) is 3.90. The Labute approximate surface area is 152 Å². The van der Waals surface area contributed by atoms with Crippen molar-refractivity contribution in [2.45, 2.75) is 39.7 Å². The van der Waals surface area contributed by atoms with E-state index in [4.69, 9.17) is 0 Å². The molecule has 2 aromatic rings. The highest BCUT2D eigenvalue weighted by atomic mass is 16.2. The highest BCUT2D eigenvalue weighted by Crippen LogP contribution is 2.14. The fourth-order valence-electron chi connectivity index (χ4n) is 2.43. The molecule has 2 rings (SSSR count). The van der Waals surface area contributed by atoms with E-state index in [0.717, 1.165) is 30.5 Å². The molecule has 1 heterocycles. The van der Waals surface area contributed by atoms with Gasteiger partial charge in [0.25, 0.3) is 11.5 Å². The van der Waals surface area contributed by atoms with Crippen LogP contribution in [0.1, 0.15) is 42.7 Å². The number of hydrogen-bond acceptors (Lipinski definition) is 4. The average Bonchev–Trinajstić information content (AvgIpc) is 2.66. The maximum Gasteiger partial charge on any atom is 0.272 e. The number of aromatic nitrogens is 2. The topological polar surface area (TPSA) is 93.1 Å². The van der Waals surface area contributed by atoms with Crippen LogP contribution in [0.3, 0.4) is 0 Å². The highest BCUT2D eigenvalue weighted by molar-refractivity contribution is 5.98. The van der Waals surface area contributed by atoms with Crippen molar-refractivity contribution in [2.75, 3.05) is 11.9 Å². The molecule has 0 aliphatic heterocycles. The lowest BCUT2D eigenvalue weighted by atomic mass is 10.1. The second kappa shape index (κ2) is 9.50. The van der Waals surface area contributed by atoms with Gasteiger partial charge in [0.15, 0.2) is 0 Å². The van der Waals surface area contributed by atoms with Crippen molar-refractivity contribution in [2.24, 2.45) is 0 Å². The number of carbonyl (C=O) groups is 2. The van der Waals surface area contributed by atoms with E-state index in [1.165, 1.54) is 16.8 Å². The Hall–Kier alpha value is -2.96. The number of nitrogens with zero attached hydrogens (tertiary/aromatic N) is 2. The zero-order valence-corrected chi connectivity index (χ0v) is 15.1. The molecule has 2 amide bonds. The van der Waals surface area contributed by atoms with Gasteiger partial charge in [-0.15, -0.1) is 0 Å². The summed E-state index contributed by atoms with van der Waals surface area (Å²) in [5.41, 5.74) is 1.63. The lowest BCUT2D eigenvalue weighted by Gasteiger charge is -2.10. The second-order valence-electron chi connectivity index (χ2n) is 5.88. The molecule has 0 spiro atoms. The van der Waals surface area contributed by atoms with Crippen LogP contribution in [0.25, 0.3) is 0 Å². The zero-order chi connectivity index (χ0) is 18.9. The van der Waals surface area contributed by atoms with Crippen molar-refractivity contribution in [1.29, 1.82) is 0 Å². The van der Waals surface area contributed by atoms with Crippen LogP contribution in [0.2, 0.25) is 0 Å². The monoisotopic (exact) mass is 356 g/mol. The van der Waals surface area contributed by atoms with Crippen molar-refractivity contribution in [3.8, 4) is 0 Å². The molecule has 1 aromatic carbocycles. The molecule has 0 aliphatic rings. The van der Waals surface area contributed by atoms with Gasteiger partial charge in [-0.25, -0.2) is 4.68 Å². The molecule has 7 nitrogen and oxygen atoms in total. The fraction of sp³-hybridized carbons (Fsp3) is 0.368. The molecule has 0 aliphatic carbocycles. The minimum atomic E-state index is -0.492. The van der Waals surface area contributed by atoms with Gasteiger partial charge in [0.05, 0.1) is 6.54 Å². The number of benzene rings is 1. The summed E-state index contributed by atoms with van der Waals surface area (Å²) in [6.07, 6.45) is 2.52. The SMILES string of the molecule is CCCCn1nc(C(=O)NCC(=O)Nc2ccccc2CC)ccc1=O. The van der Waals surface area contributed by atoms with E-state index in [0.29, 0.717) is 6.54 Å². The highest BCUT2D eigenvalue weighted by Gasteiger charge is 2.12. The Morgan fingerprint density at radius 3 is 2.62 bits per heavy atom. The first-order valence-electron chi connectivity index (χ1n) is 8.79. The van der Waals surface area contributed by atoms with Gasteiger partial charge in [-0.3, -0.25) is 14.4 Å². The molecule has 1 aromatic heterocycles. The molecular formula is C19H24N4O3. The fourth-order valence-corrected chi connectivity index (χ4v) is 2.43. The largest absolute Gasteiger partial charge is 0.342 e. The van der Waals surface area contributed by atoms with Crippen LogP contribution in [0, 0.1) is 0 Å². The van der Waals surface area contributed by atoms with Crippen molar-refractivity contribution >= 4 is 17.5 Å². The summed E-state index contributed by atoms with van der Waals surface area (Å²) in [5, 5.41) is 9.38. The summed E-state index contributed by atoms with van der Waals surface area (Å²) in [4.78, 5) is 36.0. The molecule has 0 unspecified atom stereocenters. The smallest absolute Gasteiger partial charge is 0.272 e. The van der Waals surface area contributed by atoms with Crippen LogP contribution in [0.5, 0.6) is 0 Å². The number of hydrogen-bond donors (Lipinski definition) is 2. The van der Waals surface area contributed by atoms with Gasteiger partial charge < -0.3 is 10.6 Å². The number of rotatable bonds is 8. The molecule has 0 bridgehead atoms. The second-order valence-corrected chi connectivity index (χ2v) is 5.88. The minimum absolute atomic E-state index is 0.113. The molecule has 7 heteroatoms. The van der Waals surface area contributed by atoms with Gasteiger partial charge in [-0.05, 0) is 30.5 Å². The van der Waals surface area contributed by atoms with E-state index in [2.05, 4.69) is 15.7 Å². The number of carbonyl (C=O) groups excluding carboxylic acids is 2. The molecule has 138 valence electrons. The summed E-state index contributed by atoms with van der Waals surface area (Å²) < 4.78 is 1.27. The molecule has 0 saturated heterocycles. The minimum Gasteiger partial charge on any atom is -0.342 e. The van der Waals surface area contributed by atoms with E-state index in [1.54, 1.807) is 0 Å². The van der Waals surface area contributed by atoms with Gasteiger partial charge in [0.2, 0.25) is 5.91 Å². The molecule has 26 heavy (non-hydrogen) atoms. The molecule has 0 radical (unpaired) electrons. The Bertz CT molecular complexity index is 830.